The molecule has 1 saturated carbocycles. The molecule has 1 atom stereocenters. The molecule has 1 fully saturated rings. The van der Waals surface area contributed by atoms with Crippen LogP contribution in [0.3, 0.4) is 0 Å². The predicted octanol–water partition coefficient (Wildman–Crippen LogP) is 6.71. The van der Waals surface area contributed by atoms with Gasteiger partial charge in [-0.3, -0.25) is 13.9 Å². The first-order valence-electron chi connectivity index (χ1n) is 13.4. The first-order chi connectivity index (χ1) is 19.5. The summed E-state index contributed by atoms with van der Waals surface area (Å²) >= 11 is 18.3. The summed E-state index contributed by atoms with van der Waals surface area (Å²) in [6, 6.07) is 18.1. The number of benzene rings is 3. The smallest absolute Gasteiger partial charge is 0.264 e. The minimum atomic E-state index is -4.21. The Labute approximate surface area is 256 Å². The third-order valence-electron chi connectivity index (χ3n) is 7.16. The molecule has 1 N–H and O–H groups in total. The van der Waals surface area contributed by atoms with Crippen molar-refractivity contribution in [1.82, 2.24) is 10.2 Å². The fraction of sp³-hybridized carbons (Fsp3) is 0.333. The summed E-state index contributed by atoms with van der Waals surface area (Å²) in [7, 11) is -4.21. The van der Waals surface area contributed by atoms with E-state index in [9.17, 15) is 18.0 Å². The van der Waals surface area contributed by atoms with Gasteiger partial charge >= 0.3 is 0 Å². The molecule has 2 amide bonds. The van der Waals surface area contributed by atoms with Gasteiger partial charge < -0.3 is 10.2 Å². The number of nitrogens with zero attached hydrogens (tertiary/aromatic N) is 2. The molecule has 218 valence electrons. The van der Waals surface area contributed by atoms with Crippen LogP contribution in [0.5, 0.6) is 0 Å². The van der Waals surface area contributed by atoms with Crippen molar-refractivity contribution in [2.75, 3.05) is 10.8 Å². The Balaban J connectivity index is 1.67. The van der Waals surface area contributed by atoms with Crippen molar-refractivity contribution in [3.05, 3.63) is 93.4 Å². The number of sulfonamides is 1. The summed E-state index contributed by atoms with van der Waals surface area (Å²) in [5, 5.41) is 4.31. The van der Waals surface area contributed by atoms with E-state index in [0.29, 0.717) is 15.1 Å². The van der Waals surface area contributed by atoms with E-state index in [4.69, 9.17) is 34.8 Å². The van der Waals surface area contributed by atoms with Crippen LogP contribution in [0.4, 0.5) is 5.69 Å². The highest BCUT2D eigenvalue weighted by Crippen LogP contribution is 2.28. The Bertz CT molecular complexity index is 1460. The zero-order chi connectivity index (χ0) is 29.6. The van der Waals surface area contributed by atoms with E-state index >= 15 is 0 Å². The van der Waals surface area contributed by atoms with Crippen LogP contribution in [-0.2, 0) is 26.2 Å². The molecular formula is C30H32Cl3N3O4S. The molecular weight excluding hydrogens is 605 g/mol. The Morgan fingerprint density at radius 2 is 1.49 bits per heavy atom. The van der Waals surface area contributed by atoms with Crippen LogP contribution in [0.2, 0.25) is 15.1 Å². The quantitative estimate of drug-likeness (QED) is 0.268. The molecule has 0 aliphatic heterocycles. The van der Waals surface area contributed by atoms with Crippen molar-refractivity contribution in [3.63, 3.8) is 0 Å². The van der Waals surface area contributed by atoms with Crippen LogP contribution >= 0.6 is 34.8 Å². The monoisotopic (exact) mass is 635 g/mol. The van der Waals surface area contributed by atoms with Crippen LogP contribution in [-0.4, -0.2) is 43.8 Å². The largest absolute Gasteiger partial charge is 0.352 e. The average Bonchev–Trinajstić information content (AvgIpc) is 2.95. The molecule has 0 radical (unpaired) electrons. The van der Waals surface area contributed by atoms with Crippen molar-refractivity contribution >= 4 is 62.3 Å². The highest BCUT2D eigenvalue weighted by Gasteiger charge is 2.33. The van der Waals surface area contributed by atoms with Crippen molar-refractivity contribution < 1.29 is 18.0 Å². The lowest BCUT2D eigenvalue weighted by molar-refractivity contribution is -0.139. The lowest BCUT2D eigenvalue weighted by atomic mass is 9.95. The van der Waals surface area contributed by atoms with E-state index in [1.54, 1.807) is 49.4 Å². The number of hydrogen-bond acceptors (Lipinski definition) is 4. The van der Waals surface area contributed by atoms with Crippen molar-refractivity contribution in [2.45, 2.75) is 62.6 Å². The molecule has 11 heteroatoms. The van der Waals surface area contributed by atoms with E-state index in [1.165, 1.54) is 35.2 Å². The summed E-state index contributed by atoms with van der Waals surface area (Å²) in [4.78, 5) is 28.7. The van der Waals surface area contributed by atoms with Gasteiger partial charge in [-0.25, -0.2) is 8.42 Å². The van der Waals surface area contributed by atoms with E-state index in [-0.39, 0.29) is 29.1 Å². The molecule has 4 rings (SSSR count). The van der Waals surface area contributed by atoms with Gasteiger partial charge in [-0.15, -0.1) is 0 Å². The normalized spacial score (nSPS) is 14.7. The van der Waals surface area contributed by atoms with Crippen LogP contribution in [0.25, 0.3) is 0 Å². The molecule has 3 aromatic rings. The van der Waals surface area contributed by atoms with E-state index in [1.807, 2.05) is 0 Å². The zero-order valence-electron chi connectivity index (χ0n) is 22.6. The standard InChI is InChI=1S/C30H32Cl3N3O4S/c1-21(30(38)34-26-7-3-2-4-8-26)35(19-22-10-12-23(31)13-11-22)29(37)20-36(27-9-5-6-25(33)18-27)41(39,40)28-16-14-24(32)15-17-28/h5-6,9-18,21,26H,2-4,7-8,19-20H2,1H3,(H,34,38)/t21-/m1/s1. The van der Waals surface area contributed by atoms with Crippen molar-refractivity contribution in [2.24, 2.45) is 0 Å². The van der Waals surface area contributed by atoms with Crippen LogP contribution in [0.15, 0.2) is 77.7 Å². The van der Waals surface area contributed by atoms with Gasteiger partial charge in [0.05, 0.1) is 10.6 Å². The lowest BCUT2D eigenvalue weighted by Crippen LogP contribution is -2.53. The molecule has 0 bridgehead atoms. The number of amides is 2. The Morgan fingerprint density at radius 1 is 0.878 bits per heavy atom. The summed E-state index contributed by atoms with van der Waals surface area (Å²) in [6.45, 7) is 1.18. The van der Waals surface area contributed by atoms with Crippen molar-refractivity contribution in [3.8, 4) is 0 Å². The summed E-state index contributed by atoms with van der Waals surface area (Å²) in [5.41, 5.74) is 0.960. The number of hydrogen-bond donors (Lipinski definition) is 1. The molecule has 0 saturated heterocycles. The number of carbonyl (C=O) groups excluding carboxylic acids is 2. The highest BCUT2D eigenvalue weighted by molar-refractivity contribution is 7.92. The summed E-state index contributed by atoms with van der Waals surface area (Å²) < 4.78 is 28.7. The third kappa shape index (κ3) is 8.16. The fourth-order valence-corrected chi connectivity index (χ4v) is 6.67. The number of halogens is 3. The number of anilines is 1. The maximum atomic E-state index is 14.0. The molecule has 0 heterocycles. The minimum Gasteiger partial charge on any atom is -0.352 e. The Morgan fingerprint density at radius 3 is 2.10 bits per heavy atom. The molecule has 0 unspecified atom stereocenters. The second kappa shape index (κ2) is 13.9. The summed E-state index contributed by atoms with van der Waals surface area (Å²) in [6.07, 6.45) is 5.02. The molecule has 3 aromatic carbocycles. The van der Waals surface area contributed by atoms with E-state index in [0.717, 1.165) is 42.0 Å². The zero-order valence-corrected chi connectivity index (χ0v) is 25.7. The van der Waals surface area contributed by atoms with E-state index < -0.39 is 28.5 Å². The minimum absolute atomic E-state index is 0.0398. The van der Waals surface area contributed by atoms with Crippen LogP contribution < -0.4 is 9.62 Å². The maximum absolute atomic E-state index is 14.0. The molecule has 1 aliphatic rings. The van der Waals surface area contributed by atoms with Gasteiger partial charge in [-0.1, -0.05) is 72.3 Å². The molecule has 0 aromatic heterocycles. The second-order valence-corrected chi connectivity index (χ2v) is 13.3. The first kappa shape index (κ1) is 31.2. The van der Waals surface area contributed by atoms with Crippen LogP contribution in [0.1, 0.15) is 44.6 Å². The summed E-state index contributed by atoms with van der Waals surface area (Å²) in [5.74, 6) is -0.835. The van der Waals surface area contributed by atoms with Gasteiger partial charge in [0.1, 0.15) is 12.6 Å². The number of carbonyl (C=O) groups is 2. The Kier molecular flexibility index (Phi) is 10.6. The van der Waals surface area contributed by atoms with Gasteiger partial charge in [0.15, 0.2) is 0 Å². The predicted molar refractivity (Wildman–Crippen MR) is 164 cm³/mol. The Hall–Kier alpha value is -2.78. The number of nitrogens with one attached hydrogen (secondary N) is 1. The van der Waals surface area contributed by atoms with Gasteiger partial charge in [0.2, 0.25) is 11.8 Å². The fourth-order valence-electron chi connectivity index (χ4n) is 4.83. The first-order valence-corrected chi connectivity index (χ1v) is 16.0. The maximum Gasteiger partial charge on any atom is 0.264 e. The highest BCUT2D eigenvalue weighted by atomic mass is 35.5. The van der Waals surface area contributed by atoms with Gasteiger partial charge in [-0.05, 0) is 79.9 Å². The molecule has 1 aliphatic carbocycles. The van der Waals surface area contributed by atoms with Crippen LogP contribution in [0, 0.1) is 0 Å². The van der Waals surface area contributed by atoms with Crippen molar-refractivity contribution in [1.29, 1.82) is 0 Å². The van der Waals surface area contributed by atoms with E-state index in [2.05, 4.69) is 5.32 Å². The van der Waals surface area contributed by atoms with Gasteiger partial charge in [0, 0.05) is 27.7 Å². The second-order valence-electron chi connectivity index (χ2n) is 10.1. The molecule has 7 nitrogen and oxygen atoms in total. The topological polar surface area (TPSA) is 86.8 Å². The number of rotatable bonds is 10. The van der Waals surface area contributed by atoms with Gasteiger partial charge in [0.25, 0.3) is 10.0 Å². The third-order valence-corrected chi connectivity index (χ3v) is 9.69. The lowest BCUT2D eigenvalue weighted by Gasteiger charge is -2.33. The molecule has 41 heavy (non-hydrogen) atoms. The van der Waals surface area contributed by atoms with Gasteiger partial charge in [-0.2, -0.15) is 0 Å². The molecule has 0 spiro atoms. The average molecular weight is 637 g/mol. The SMILES string of the molecule is C[C@H](C(=O)NC1CCCCC1)N(Cc1ccc(Cl)cc1)C(=O)CN(c1cccc(Cl)c1)S(=O)(=O)c1ccc(Cl)cc1.